The van der Waals surface area contributed by atoms with Crippen molar-refractivity contribution in [2.75, 3.05) is 12.3 Å². The molecule has 5 nitrogen and oxygen atoms in total. The van der Waals surface area contributed by atoms with Crippen LogP contribution in [0.15, 0.2) is 36.4 Å². The zero-order chi connectivity index (χ0) is 20.5. The van der Waals surface area contributed by atoms with E-state index in [1.54, 1.807) is 0 Å². The Kier molecular flexibility index (Phi) is 5.36. The van der Waals surface area contributed by atoms with E-state index in [-0.39, 0.29) is 0 Å². The molecule has 1 aromatic heterocycles. The fraction of sp³-hybridized carbons (Fsp3) is 0.348. The Morgan fingerprint density at radius 1 is 1.11 bits per heavy atom. The summed E-state index contributed by atoms with van der Waals surface area (Å²) in [5.41, 5.74) is 13.1. The number of H-pyrrole nitrogens is 1. The highest BCUT2D eigenvalue weighted by atomic mass is 16.6. The number of nitrogens with one attached hydrogen (secondary N) is 2. The molecule has 0 unspecified atom stereocenters. The first-order valence-electron chi connectivity index (χ1n) is 9.58. The summed E-state index contributed by atoms with van der Waals surface area (Å²) in [6.07, 6.45) is 0.269. The lowest BCUT2D eigenvalue weighted by Gasteiger charge is -2.19. The smallest absolute Gasteiger partial charge is 0.407 e. The molecule has 148 valence electrons. The van der Waals surface area contributed by atoms with Gasteiger partial charge in [-0.2, -0.15) is 0 Å². The Morgan fingerprint density at radius 2 is 1.79 bits per heavy atom. The molecule has 5 heteroatoms. The van der Waals surface area contributed by atoms with Gasteiger partial charge in [-0.05, 0) is 82.5 Å². The number of hydrogen-bond acceptors (Lipinski definition) is 3. The van der Waals surface area contributed by atoms with Crippen LogP contribution >= 0.6 is 0 Å². The predicted octanol–water partition coefficient (Wildman–Crippen LogP) is 5.10. The van der Waals surface area contributed by atoms with Crippen LogP contribution in [0.4, 0.5) is 10.5 Å². The maximum absolute atomic E-state index is 12.0. The Morgan fingerprint density at radius 3 is 2.43 bits per heavy atom. The van der Waals surface area contributed by atoms with Crippen LogP contribution in [-0.4, -0.2) is 23.2 Å². The van der Waals surface area contributed by atoms with Crippen LogP contribution in [0.25, 0.3) is 22.2 Å². The maximum atomic E-state index is 12.0. The number of alkyl carbamates (subject to hydrolysis) is 1. The van der Waals surface area contributed by atoms with E-state index in [9.17, 15) is 4.79 Å². The van der Waals surface area contributed by atoms with Crippen molar-refractivity contribution in [1.82, 2.24) is 10.3 Å². The summed E-state index contributed by atoms with van der Waals surface area (Å²) in [5.74, 6) is 0. The molecule has 28 heavy (non-hydrogen) atoms. The summed E-state index contributed by atoms with van der Waals surface area (Å²) in [6, 6.07) is 12.4. The lowest BCUT2D eigenvalue weighted by atomic mass is 9.99. The number of ether oxygens (including phenoxy) is 1. The van der Waals surface area contributed by atoms with Gasteiger partial charge in [0, 0.05) is 28.8 Å². The van der Waals surface area contributed by atoms with Gasteiger partial charge in [0.05, 0.1) is 0 Å². The second-order valence-corrected chi connectivity index (χ2v) is 8.34. The number of nitrogen functional groups attached to an aromatic ring is 1. The number of aromatic amines is 1. The van der Waals surface area contributed by atoms with Gasteiger partial charge < -0.3 is 20.8 Å². The summed E-state index contributed by atoms with van der Waals surface area (Å²) < 4.78 is 5.33. The molecule has 0 saturated heterocycles. The second kappa shape index (κ2) is 7.58. The number of anilines is 1. The standard InChI is InChI=1S/C23H29N3O2/c1-14-10-15(2)12-16(11-14)21-18(8-9-25-22(27)28-23(3,4)5)19-13-17(24)6-7-20(19)26-21/h6-7,10-13,26H,8-9,24H2,1-5H3,(H,25,27). The Bertz CT molecular complexity index is 992. The highest BCUT2D eigenvalue weighted by molar-refractivity contribution is 5.93. The first-order chi connectivity index (χ1) is 13.1. The Balaban J connectivity index is 1.93. The molecule has 0 radical (unpaired) electrons. The summed E-state index contributed by atoms with van der Waals surface area (Å²) in [4.78, 5) is 15.5. The van der Waals surface area contributed by atoms with Crippen molar-refractivity contribution in [3.05, 3.63) is 53.1 Å². The van der Waals surface area contributed by atoms with Crippen molar-refractivity contribution >= 4 is 22.7 Å². The van der Waals surface area contributed by atoms with Gasteiger partial charge in [-0.25, -0.2) is 4.79 Å². The zero-order valence-corrected chi connectivity index (χ0v) is 17.3. The molecule has 1 heterocycles. The summed E-state index contributed by atoms with van der Waals surface area (Å²) in [5, 5.41) is 3.94. The van der Waals surface area contributed by atoms with Gasteiger partial charge in [0.15, 0.2) is 0 Å². The quantitative estimate of drug-likeness (QED) is 0.552. The van der Waals surface area contributed by atoms with E-state index in [2.05, 4.69) is 42.3 Å². The summed E-state index contributed by atoms with van der Waals surface area (Å²) >= 11 is 0. The third-order valence-corrected chi connectivity index (χ3v) is 4.48. The first-order valence-corrected chi connectivity index (χ1v) is 9.58. The van der Waals surface area contributed by atoms with Crippen molar-refractivity contribution < 1.29 is 9.53 Å². The number of nitrogens with two attached hydrogens (primary N) is 1. The van der Waals surface area contributed by atoms with E-state index in [0.717, 1.165) is 33.4 Å². The Labute approximate surface area is 166 Å². The molecule has 4 N–H and O–H groups in total. The van der Waals surface area contributed by atoms with Crippen LogP contribution in [0.3, 0.4) is 0 Å². The van der Waals surface area contributed by atoms with Gasteiger partial charge in [-0.3, -0.25) is 0 Å². The van der Waals surface area contributed by atoms with Crippen molar-refractivity contribution in [2.45, 2.75) is 46.6 Å². The fourth-order valence-corrected chi connectivity index (χ4v) is 3.49. The van der Waals surface area contributed by atoms with Gasteiger partial charge in [0.2, 0.25) is 0 Å². The molecule has 0 atom stereocenters. The van der Waals surface area contributed by atoms with E-state index in [1.807, 2.05) is 39.0 Å². The molecule has 0 spiro atoms. The molecule has 0 aliphatic carbocycles. The van der Waals surface area contributed by atoms with Crippen LogP contribution in [-0.2, 0) is 11.2 Å². The number of carbonyl (C=O) groups is 1. The number of hydrogen-bond donors (Lipinski definition) is 3. The van der Waals surface area contributed by atoms with Gasteiger partial charge in [0.25, 0.3) is 0 Å². The van der Waals surface area contributed by atoms with Crippen molar-refractivity contribution in [3.63, 3.8) is 0 Å². The summed E-state index contributed by atoms with van der Waals surface area (Å²) in [7, 11) is 0. The van der Waals surface area contributed by atoms with Gasteiger partial charge in [0.1, 0.15) is 5.60 Å². The molecule has 0 aliphatic heterocycles. The fourth-order valence-electron chi connectivity index (χ4n) is 3.49. The number of carbonyl (C=O) groups excluding carboxylic acids is 1. The van der Waals surface area contributed by atoms with Crippen molar-refractivity contribution in [3.8, 4) is 11.3 Å². The number of aryl methyl sites for hydroxylation is 2. The zero-order valence-electron chi connectivity index (χ0n) is 17.3. The number of amides is 1. The van der Waals surface area contributed by atoms with Crippen LogP contribution < -0.4 is 11.1 Å². The number of fused-ring (bicyclic) bond motifs is 1. The highest BCUT2D eigenvalue weighted by Crippen LogP contribution is 2.32. The molecular weight excluding hydrogens is 350 g/mol. The molecular formula is C23H29N3O2. The van der Waals surface area contributed by atoms with Gasteiger partial charge in [-0.15, -0.1) is 0 Å². The third kappa shape index (κ3) is 4.66. The van der Waals surface area contributed by atoms with E-state index in [1.165, 1.54) is 11.1 Å². The normalized spacial score (nSPS) is 11.6. The average Bonchev–Trinajstić information content (AvgIpc) is 2.90. The number of rotatable bonds is 4. The number of aromatic nitrogens is 1. The molecule has 0 aliphatic rings. The Hall–Kier alpha value is -2.95. The largest absolute Gasteiger partial charge is 0.444 e. The van der Waals surface area contributed by atoms with Gasteiger partial charge >= 0.3 is 6.09 Å². The topological polar surface area (TPSA) is 80.1 Å². The predicted molar refractivity (Wildman–Crippen MR) is 116 cm³/mol. The molecule has 1 amide bonds. The molecule has 2 aromatic carbocycles. The first kappa shape index (κ1) is 19.8. The lowest BCUT2D eigenvalue weighted by Crippen LogP contribution is -2.33. The minimum Gasteiger partial charge on any atom is -0.444 e. The molecule has 3 rings (SSSR count). The van der Waals surface area contributed by atoms with E-state index >= 15 is 0 Å². The second-order valence-electron chi connectivity index (χ2n) is 8.34. The molecule has 3 aromatic rings. The van der Waals surface area contributed by atoms with Crippen LogP contribution in [0.5, 0.6) is 0 Å². The van der Waals surface area contributed by atoms with Crippen LogP contribution in [0, 0.1) is 13.8 Å². The van der Waals surface area contributed by atoms with E-state index in [0.29, 0.717) is 13.0 Å². The monoisotopic (exact) mass is 379 g/mol. The minimum absolute atomic E-state index is 0.403. The van der Waals surface area contributed by atoms with Gasteiger partial charge in [-0.1, -0.05) is 17.2 Å². The van der Waals surface area contributed by atoms with Crippen LogP contribution in [0.1, 0.15) is 37.5 Å². The van der Waals surface area contributed by atoms with Crippen molar-refractivity contribution in [1.29, 1.82) is 0 Å². The highest BCUT2D eigenvalue weighted by Gasteiger charge is 2.17. The van der Waals surface area contributed by atoms with E-state index < -0.39 is 11.7 Å². The lowest BCUT2D eigenvalue weighted by molar-refractivity contribution is 0.0528. The van der Waals surface area contributed by atoms with Crippen LogP contribution in [0.2, 0.25) is 0 Å². The average molecular weight is 380 g/mol. The minimum atomic E-state index is -0.510. The van der Waals surface area contributed by atoms with Crippen molar-refractivity contribution in [2.24, 2.45) is 0 Å². The SMILES string of the molecule is Cc1cc(C)cc(-c2[nH]c3ccc(N)cc3c2CCNC(=O)OC(C)(C)C)c1. The maximum Gasteiger partial charge on any atom is 0.407 e. The third-order valence-electron chi connectivity index (χ3n) is 4.48. The number of benzene rings is 2. The molecule has 0 saturated carbocycles. The molecule has 0 fully saturated rings. The summed E-state index contributed by atoms with van der Waals surface area (Å²) in [6.45, 7) is 10.2. The molecule has 0 bridgehead atoms. The van der Waals surface area contributed by atoms with E-state index in [4.69, 9.17) is 10.5 Å².